The number of amides is 2. The Labute approximate surface area is 153 Å². The predicted molar refractivity (Wildman–Crippen MR) is 100 cm³/mol. The molecule has 2 amide bonds. The summed E-state index contributed by atoms with van der Waals surface area (Å²) in [5.41, 5.74) is 0.0814. The van der Waals surface area contributed by atoms with Crippen molar-refractivity contribution in [3.63, 3.8) is 0 Å². The van der Waals surface area contributed by atoms with E-state index in [4.69, 9.17) is 0 Å². The minimum absolute atomic E-state index is 0.0145. The maximum absolute atomic E-state index is 12.8. The average Bonchev–Trinajstić information content (AvgIpc) is 2.62. The van der Waals surface area contributed by atoms with Crippen LogP contribution in [-0.2, 0) is 9.59 Å². The summed E-state index contributed by atoms with van der Waals surface area (Å²) in [5, 5.41) is 12.1. The van der Waals surface area contributed by atoms with Gasteiger partial charge in [0.15, 0.2) is 0 Å². The molecule has 1 saturated carbocycles. The lowest BCUT2D eigenvalue weighted by Crippen LogP contribution is -2.52. The summed E-state index contributed by atoms with van der Waals surface area (Å²) in [5.74, 6) is -0.126. The quantitative estimate of drug-likeness (QED) is 0.811. The van der Waals surface area contributed by atoms with Gasteiger partial charge in [-0.2, -0.15) is 5.26 Å². The van der Waals surface area contributed by atoms with Gasteiger partial charge in [-0.1, -0.05) is 19.3 Å². The Morgan fingerprint density at radius 1 is 1.24 bits per heavy atom. The second kappa shape index (κ2) is 8.39. The number of carbonyl (C=O) groups is 2. The summed E-state index contributed by atoms with van der Waals surface area (Å²) in [6.07, 6.45) is 4.65. The van der Waals surface area contributed by atoms with Crippen LogP contribution in [0.2, 0.25) is 0 Å². The first-order valence-electron chi connectivity index (χ1n) is 8.61. The number of anilines is 1. The summed E-state index contributed by atoms with van der Waals surface area (Å²) >= 11 is 1.47. The van der Waals surface area contributed by atoms with Crippen molar-refractivity contribution in [3.8, 4) is 6.07 Å². The van der Waals surface area contributed by atoms with E-state index in [-0.39, 0.29) is 17.1 Å². The van der Waals surface area contributed by atoms with E-state index in [2.05, 4.69) is 11.4 Å². The summed E-state index contributed by atoms with van der Waals surface area (Å²) in [6, 6.07) is 9.82. The summed E-state index contributed by atoms with van der Waals surface area (Å²) in [4.78, 5) is 26.5. The molecule has 1 aliphatic carbocycles. The van der Waals surface area contributed by atoms with E-state index in [1.807, 2.05) is 31.2 Å². The average molecular weight is 359 g/mol. The first-order chi connectivity index (χ1) is 11.9. The van der Waals surface area contributed by atoms with E-state index in [9.17, 15) is 14.9 Å². The Kier molecular flexibility index (Phi) is 6.49. The molecule has 25 heavy (non-hydrogen) atoms. The molecular formula is C19H25N3O2S. The van der Waals surface area contributed by atoms with Crippen LogP contribution in [0.5, 0.6) is 0 Å². The van der Waals surface area contributed by atoms with Crippen molar-refractivity contribution < 1.29 is 9.59 Å². The van der Waals surface area contributed by atoms with Crippen LogP contribution >= 0.6 is 11.8 Å². The Hall–Kier alpha value is -2.00. The minimum atomic E-state index is -0.653. The second-order valence-corrected chi connectivity index (χ2v) is 7.98. The molecule has 5 nitrogen and oxygen atoms in total. The second-order valence-electron chi connectivity index (χ2n) is 6.57. The lowest BCUT2D eigenvalue weighted by atomic mass is 9.81. The van der Waals surface area contributed by atoms with Gasteiger partial charge in [0.25, 0.3) is 0 Å². The highest BCUT2D eigenvalue weighted by molar-refractivity contribution is 8.00. The topological polar surface area (TPSA) is 73.2 Å². The maximum atomic E-state index is 12.8. The van der Waals surface area contributed by atoms with Crippen LogP contribution in [-0.4, -0.2) is 34.6 Å². The highest BCUT2D eigenvalue weighted by Crippen LogP contribution is 2.34. The minimum Gasteiger partial charge on any atom is -0.326 e. The van der Waals surface area contributed by atoms with Crippen molar-refractivity contribution in [2.24, 2.45) is 0 Å². The molecule has 1 aliphatic rings. The molecule has 0 radical (unpaired) electrons. The number of nitriles is 1. The van der Waals surface area contributed by atoms with Crippen LogP contribution in [0.15, 0.2) is 29.2 Å². The van der Waals surface area contributed by atoms with Crippen molar-refractivity contribution in [1.82, 2.24) is 4.90 Å². The number of benzene rings is 1. The van der Waals surface area contributed by atoms with Gasteiger partial charge >= 0.3 is 0 Å². The van der Waals surface area contributed by atoms with Crippen LogP contribution in [0.25, 0.3) is 0 Å². The van der Waals surface area contributed by atoms with Gasteiger partial charge in [0.2, 0.25) is 11.8 Å². The molecule has 1 N–H and O–H groups in total. The summed E-state index contributed by atoms with van der Waals surface area (Å²) < 4.78 is 0. The molecular weight excluding hydrogens is 334 g/mol. The molecule has 2 rings (SSSR count). The molecule has 1 aromatic rings. The molecule has 0 heterocycles. The fraction of sp³-hybridized carbons (Fsp3) is 0.526. The molecule has 0 aliphatic heterocycles. The van der Waals surface area contributed by atoms with E-state index in [1.54, 1.807) is 11.9 Å². The zero-order valence-corrected chi connectivity index (χ0v) is 15.9. The number of hydrogen-bond acceptors (Lipinski definition) is 4. The Morgan fingerprint density at radius 2 is 1.84 bits per heavy atom. The molecule has 1 fully saturated rings. The van der Waals surface area contributed by atoms with Crippen LogP contribution in [0, 0.1) is 11.3 Å². The lowest BCUT2D eigenvalue weighted by molar-refractivity contribution is -0.133. The Bertz CT molecular complexity index is 660. The molecule has 134 valence electrons. The van der Waals surface area contributed by atoms with Gasteiger partial charge in [0.05, 0.1) is 11.3 Å². The number of nitrogens with one attached hydrogen (secondary N) is 1. The Balaban J connectivity index is 2.01. The molecule has 0 bridgehead atoms. The maximum Gasteiger partial charge on any atom is 0.236 e. The van der Waals surface area contributed by atoms with Crippen molar-refractivity contribution in [2.45, 2.75) is 61.6 Å². The molecule has 0 aromatic heterocycles. The van der Waals surface area contributed by atoms with Crippen LogP contribution in [0.3, 0.4) is 0 Å². The molecule has 0 saturated heterocycles. The van der Waals surface area contributed by atoms with Gasteiger partial charge in [-0.3, -0.25) is 9.59 Å². The van der Waals surface area contributed by atoms with Crippen LogP contribution < -0.4 is 5.32 Å². The largest absolute Gasteiger partial charge is 0.326 e. The highest BCUT2D eigenvalue weighted by Gasteiger charge is 2.40. The monoisotopic (exact) mass is 359 g/mol. The van der Waals surface area contributed by atoms with Gasteiger partial charge in [-0.05, 0) is 44.0 Å². The summed E-state index contributed by atoms with van der Waals surface area (Å²) in [7, 11) is 1.76. The van der Waals surface area contributed by atoms with Crippen LogP contribution in [0.4, 0.5) is 5.69 Å². The number of nitrogens with zero attached hydrogens (tertiary/aromatic N) is 2. The fourth-order valence-corrected chi connectivity index (χ4v) is 4.18. The molecule has 1 atom stereocenters. The van der Waals surface area contributed by atoms with Crippen molar-refractivity contribution in [1.29, 1.82) is 5.26 Å². The predicted octanol–water partition coefficient (Wildman–Crippen LogP) is 3.81. The van der Waals surface area contributed by atoms with E-state index in [1.165, 1.54) is 18.7 Å². The number of rotatable bonds is 5. The lowest BCUT2D eigenvalue weighted by Gasteiger charge is -2.40. The van der Waals surface area contributed by atoms with Gasteiger partial charge < -0.3 is 10.2 Å². The zero-order chi connectivity index (χ0) is 18.4. The van der Waals surface area contributed by atoms with Gasteiger partial charge in [-0.15, -0.1) is 11.8 Å². The highest BCUT2D eigenvalue weighted by atomic mass is 32.2. The van der Waals surface area contributed by atoms with Crippen molar-refractivity contribution >= 4 is 29.3 Å². The third-order valence-corrected chi connectivity index (χ3v) is 5.80. The summed E-state index contributed by atoms with van der Waals surface area (Å²) in [6.45, 7) is 3.34. The zero-order valence-electron chi connectivity index (χ0n) is 15.0. The SMILES string of the molecule is CC(=O)Nc1ccc(S[C@@H](C)C(=O)N(C)C2(C#N)CCCCC2)cc1. The number of carbonyl (C=O) groups excluding carboxylic acids is 2. The molecule has 0 unspecified atom stereocenters. The van der Waals surface area contributed by atoms with E-state index in [0.717, 1.165) is 42.7 Å². The van der Waals surface area contributed by atoms with Gasteiger partial charge in [-0.25, -0.2) is 0 Å². The van der Waals surface area contributed by atoms with Gasteiger partial charge in [0, 0.05) is 24.6 Å². The van der Waals surface area contributed by atoms with E-state index in [0.29, 0.717) is 0 Å². The fourth-order valence-electron chi connectivity index (χ4n) is 3.22. The smallest absolute Gasteiger partial charge is 0.236 e. The third kappa shape index (κ3) is 4.76. The first kappa shape index (κ1) is 19.3. The number of hydrogen-bond donors (Lipinski definition) is 1. The van der Waals surface area contributed by atoms with Crippen molar-refractivity contribution in [2.75, 3.05) is 12.4 Å². The normalized spacial score (nSPS) is 17.2. The van der Waals surface area contributed by atoms with Gasteiger partial charge in [0.1, 0.15) is 5.54 Å². The molecule has 1 aromatic carbocycles. The first-order valence-corrected chi connectivity index (χ1v) is 9.49. The third-order valence-electron chi connectivity index (χ3n) is 4.70. The number of thioether (sulfide) groups is 1. The standard InChI is InChI=1S/C19H25N3O2S/c1-14(25-17-9-7-16(8-10-17)21-15(2)23)18(24)22(3)19(13-20)11-5-4-6-12-19/h7-10,14H,4-6,11-12H2,1-3H3,(H,21,23)/t14-/m0/s1. The van der Waals surface area contributed by atoms with Crippen molar-refractivity contribution in [3.05, 3.63) is 24.3 Å². The molecule has 6 heteroatoms. The molecule has 0 spiro atoms. The van der Waals surface area contributed by atoms with Crippen LogP contribution in [0.1, 0.15) is 46.0 Å². The Morgan fingerprint density at radius 3 is 2.36 bits per heavy atom. The van der Waals surface area contributed by atoms with E-state index < -0.39 is 5.54 Å². The van der Waals surface area contributed by atoms with E-state index >= 15 is 0 Å².